The van der Waals surface area contributed by atoms with E-state index in [0.717, 1.165) is 12.0 Å². The van der Waals surface area contributed by atoms with Crippen molar-refractivity contribution in [2.45, 2.75) is 68.4 Å². The van der Waals surface area contributed by atoms with Gasteiger partial charge in [0.05, 0.1) is 17.4 Å². The Kier molecular flexibility index (Phi) is 19.2. The molecule has 2 rings (SSSR count). The van der Waals surface area contributed by atoms with Crippen molar-refractivity contribution in [3.63, 3.8) is 0 Å². The van der Waals surface area contributed by atoms with E-state index in [0.29, 0.717) is 18.2 Å². The van der Waals surface area contributed by atoms with Gasteiger partial charge in [-0.05, 0) is 43.9 Å². The minimum atomic E-state index is -2.85. The summed E-state index contributed by atoms with van der Waals surface area (Å²) in [6, 6.07) is 9.99. The Hall–Kier alpha value is -0.276. The van der Waals surface area contributed by atoms with Crippen molar-refractivity contribution in [2.75, 3.05) is 12.3 Å². The summed E-state index contributed by atoms with van der Waals surface area (Å²) in [7, 11) is -2.85. The number of hydrogen-bond donors (Lipinski definition) is 0. The molecule has 0 atom stereocenters. The van der Waals surface area contributed by atoms with Gasteiger partial charge in [-0.25, -0.2) is 8.42 Å². The first-order valence-electron chi connectivity index (χ1n) is 7.27. The van der Waals surface area contributed by atoms with E-state index in [2.05, 4.69) is 19.9 Å². The van der Waals surface area contributed by atoms with E-state index in [1.807, 2.05) is 38.1 Å². The van der Waals surface area contributed by atoms with Crippen LogP contribution in [0.4, 0.5) is 0 Å². The molecule has 143 valence electrons. The first-order chi connectivity index (χ1) is 9.77. The van der Waals surface area contributed by atoms with Gasteiger partial charge in [-0.1, -0.05) is 48.3 Å². The van der Waals surface area contributed by atoms with Gasteiger partial charge in [0.15, 0.2) is 0 Å². The van der Waals surface area contributed by atoms with Crippen LogP contribution in [0.5, 0.6) is 0 Å². The molecule has 0 spiro atoms. The van der Waals surface area contributed by atoms with Crippen LogP contribution in [-0.4, -0.2) is 31.1 Å². The molecule has 1 aliphatic heterocycles. The maximum Gasteiger partial charge on any atom is 0.214 e. The molecule has 1 aliphatic rings. The summed E-state index contributed by atoms with van der Waals surface area (Å²) >= 11 is 0. The maximum absolute atomic E-state index is 11.1. The Bertz CT molecular complexity index is 608. The third-order valence-electron chi connectivity index (χ3n) is 3.40. The zero-order valence-electron chi connectivity index (χ0n) is 13.8. The first kappa shape index (κ1) is 32.4. The van der Waals surface area contributed by atoms with Crippen LogP contribution < -0.4 is 0 Å². The monoisotopic (exact) mass is 445 g/mol. The van der Waals surface area contributed by atoms with Crippen molar-refractivity contribution in [2.24, 2.45) is 0 Å². The van der Waals surface area contributed by atoms with Crippen LogP contribution in [0.3, 0.4) is 0 Å². The molecule has 1 saturated heterocycles. The van der Waals surface area contributed by atoms with Gasteiger partial charge in [0, 0.05) is 45.3 Å². The molecular weight excluding hydrogens is 409 g/mol. The van der Waals surface area contributed by atoms with E-state index < -0.39 is 10.0 Å². The Balaban J connectivity index is -0.000000152. The molecule has 1 aromatic rings. The van der Waals surface area contributed by atoms with Crippen LogP contribution in [-0.2, 0) is 42.7 Å². The summed E-state index contributed by atoms with van der Waals surface area (Å²) < 4.78 is 23.8. The standard InChI is InChI=1S/C10H11N.C6H13NO2S.3CH4.Y/c1-8(2)10-5-3-4-9(6-10)7-11;1-6(2)7-4-3-5-10(7,8)9;;;;/h3-6,8H,1-2H3;6H,3-5H2,1-2H3;3*1H4;. The molecule has 1 aromatic carbocycles. The van der Waals surface area contributed by atoms with Gasteiger partial charge in [-0.15, -0.1) is 0 Å². The molecule has 0 amide bonds. The predicted octanol–water partition coefficient (Wildman–Crippen LogP) is 5.02. The summed E-state index contributed by atoms with van der Waals surface area (Å²) in [5.74, 6) is 0.842. The van der Waals surface area contributed by atoms with Crippen LogP contribution >= 0.6 is 0 Å². The average molecular weight is 445 g/mol. The fourth-order valence-corrected chi connectivity index (χ4v) is 3.98. The van der Waals surface area contributed by atoms with E-state index >= 15 is 0 Å². The van der Waals surface area contributed by atoms with Crippen molar-refractivity contribution >= 4 is 10.0 Å². The van der Waals surface area contributed by atoms with Crippen LogP contribution in [0.2, 0.25) is 0 Å². The molecule has 0 bridgehead atoms. The van der Waals surface area contributed by atoms with Gasteiger partial charge in [0.25, 0.3) is 0 Å². The van der Waals surface area contributed by atoms with Crippen LogP contribution in [0.1, 0.15) is 73.4 Å². The summed E-state index contributed by atoms with van der Waals surface area (Å²) in [4.78, 5) is 0. The average Bonchev–Trinajstić information content (AvgIpc) is 2.79. The third-order valence-corrected chi connectivity index (χ3v) is 5.52. The van der Waals surface area contributed by atoms with Crippen LogP contribution in [0.25, 0.3) is 0 Å². The molecule has 0 aliphatic carbocycles. The molecule has 1 fully saturated rings. The Morgan fingerprint density at radius 3 is 2.00 bits per heavy atom. The van der Waals surface area contributed by atoms with E-state index in [1.165, 1.54) is 5.56 Å². The SMILES string of the molecule is C.C.C.CC(C)N1CCCS1(=O)=O.CC(C)c1cccc(C#N)c1.[Y]. The maximum atomic E-state index is 11.1. The van der Waals surface area contributed by atoms with Crippen molar-refractivity contribution in [1.82, 2.24) is 4.31 Å². The van der Waals surface area contributed by atoms with E-state index in [9.17, 15) is 8.42 Å². The summed E-state index contributed by atoms with van der Waals surface area (Å²) in [5, 5.41) is 8.59. The number of rotatable bonds is 2. The molecule has 6 heteroatoms. The van der Waals surface area contributed by atoms with E-state index in [1.54, 1.807) is 4.31 Å². The molecule has 4 nitrogen and oxygen atoms in total. The minimum absolute atomic E-state index is 0. The van der Waals surface area contributed by atoms with Gasteiger partial charge in [0.2, 0.25) is 10.0 Å². The molecule has 0 saturated carbocycles. The largest absolute Gasteiger partial charge is 0.214 e. The second-order valence-corrected chi connectivity index (χ2v) is 7.81. The van der Waals surface area contributed by atoms with Gasteiger partial charge in [-0.3, -0.25) is 0 Å². The fourth-order valence-electron chi connectivity index (χ4n) is 2.21. The predicted molar refractivity (Wildman–Crippen MR) is 106 cm³/mol. The molecule has 0 unspecified atom stereocenters. The smallest absolute Gasteiger partial charge is 0.212 e. The van der Waals surface area contributed by atoms with Gasteiger partial charge >= 0.3 is 0 Å². The Morgan fingerprint density at radius 2 is 1.68 bits per heavy atom. The Labute approximate surface area is 181 Å². The second-order valence-electron chi connectivity index (χ2n) is 5.77. The quantitative estimate of drug-likeness (QED) is 0.642. The van der Waals surface area contributed by atoms with Crippen molar-refractivity contribution in [1.29, 1.82) is 5.26 Å². The number of nitrogens with zero attached hydrogens (tertiary/aromatic N) is 2. The van der Waals surface area contributed by atoms with Gasteiger partial charge in [0.1, 0.15) is 0 Å². The fraction of sp³-hybridized carbons (Fsp3) is 0.632. The van der Waals surface area contributed by atoms with Gasteiger partial charge < -0.3 is 0 Å². The van der Waals surface area contributed by atoms with Crippen molar-refractivity contribution in [3.05, 3.63) is 35.4 Å². The third kappa shape index (κ3) is 10.5. The summed E-state index contributed by atoms with van der Waals surface area (Å²) in [6.45, 7) is 8.76. The number of benzene rings is 1. The first-order valence-corrected chi connectivity index (χ1v) is 8.88. The van der Waals surface area contributed by atoms with Crippen LogP contribution in [0.15, 0.2) is 24.3 Å². The molecular formula is C19H36N2O2SY. The number of nitriles is 1. The normalized spacial score (nSPS) is 14.6. The molecule has 0 N–H and O–H groups in total. The number of sulfonamides is 1. The summed E-state index contributed by atoms with van der Waals surface area (Å²) in [5.41, 5.74) is 1.97. The Morgan fingerprint density at radius 1 is 1.12 bits per heavy atom. The van der Waals surface area contributed by atoms with E-state index in [-0.39, 0.29) is 61.0 Å². The topological polar surface area (TPSA) is 61.2 Å². The second kappa shape index (κ2) is 14.8. The van der Waals surface area contributed by atoms with Crippen molar-refractivity contribution in [3.8, 4) is 6.07 Å². The number of hydrogen-bond acceptors (Lipinski definition) is 3. The van der Waals surface area contributed by atoms with Gasteiger partial charge in [-0.2, -0.15) is 9.57 Å². The molecule has 1 heterocycles. The molecule has 0 aromatic heterocycles. The van der Waals surface area contributed by atoms with Crippen LogP contribution in [0, 0.1) is 11.3 Å². The van der Waals surface area contributed by atoms with Crippen molar-refractivity contribution < 1.29 is 41.1 Å². The minimum Gasteiger partial charge on any atom is -0.212 e. The van der Waals surface area contributed by atoms with E-state index in [4.69, 9.17) is 5.26 Å². The molecule has 25 heavy (non-hydrogen) atoms. The molecule has 1 radical (unpaired) electrons. The summed E-state index contributed by atoms with van der Waals surface area (Å²) in [6.07, 6.45) is 0.792. The zero-order chi connectivity index (χ0) is 16.0. The zero-order valence-corrected chi connectivity index (χ0v) is 17.4.